The number of halogens is 2. The van der Waals surface area contributed by atoms with Crippen molar-refractivity contribution in [1.82, 2.24) is 4.90 Å². The molecule has 1 aliphatic heterocycles. The number of likely N-dealkylation sites (tertiary alicyclic amines) is 1. The number of piperidine rings is 1. The fraction of sp³-hybridized carbons (Fsp3) is 0.833. The quantitative estimate of drug-likeness (QED) is 0.744. The van der Waals surface area contributed by atoms with E-state index >= 15 is 0 Å². The van der Waals surface area contributed by atoms with E-state index in [1.807, 2.05) is 0 Å². The zero-order valence-electron chi connectivity index (χ0n) is 9.92. The van der Waals surface area contributed by atoms with Crippen LogP contribution in [0, 0.1) is 11.8 Å². The molecule has 2 fully saturated rings. The Hall–Kier alpha value is -1.00. The third-order valence-electron chi connectivity index (χ3n) is 3.82. The predicted octanol–water partition coefficient (Wildman–Crippen LogP) is 1.86. The lowest BCUT2D eigenvalue weighted by molar-refractivity contribution is -0.161. The van der Waals surface area contributed by atoms with Crippen LogP contribution in [0.1, 0.15) is 32.6 Å². The summed E-state index contributed by atoms with van der Waals surface area (Å²) in [6.45, 7) is 2.63. The molecule has 1 saturated carbocycles. The number of Topliss-reactive ketones (excluding diaryl/α,β-unsaturated/α-hetero) is 1. The van der Waals surface area contributed by atoms with E-state index in [9.17, 15) is 18.4 Å². The van der Waals surface area contributed by atoms with Gasteiger partial charge in [0.2, 0.25) is 11.8 Å². The third-order valence-corrected chi connectivity index (χ3v) is 3.82. The minimum absolute atomic E-state index is 0.0434. The van der Waals surface area contributed by atoms with Gasteiger partial charge < -0.3 is 4.90 Å². The molecular formula is C12H17F2NO2. The highest BCUT2D eigenvalue weighted by molar-refractivity contribution is 5.81. The average Bonchev–Trinajstić information content (AvgIpc) is 2.25. The van der Waals surface area contributed by atoms with E-state index in [4.69, 9.17) is 0 Å². The van der Waals surface area contributed by atoms with Crippen molar-refractivity contribution in [3.8, 4) is 0 Å². The molecule has 1 saturated heterocycles. The Morgan fingerprint density at radius 2 is 1.65 bits per heavy atom. The third kappa shape index (κ3) is 2.64. The molecule has 96 valence electrons. The van der Waals surface area contributed by atoms with E-state index in [2.05, 4.69) is 0 Å². The Bertz CT molecular complexity index is 327. The Morgan fingerprint density at radius 3 is 2.06 bits per heavy atom. The average molecular weight is 245 g/mol. The van der Waals surface area contributed by atoms with Gasteiger partial charge in [-0.15, -0.1) is 0 Å². The summed E-state index contributed by atoms with van der Waals surface area (Å²) >= 11 is 0. The van der Waals surface area contributed by atoms with Gasteiger partial charge in [-0.1, -0.05) is 0 Å². The van der Waals surface area contributed by atoms with Crippen molar-refractivity contribution in [2.24, 2.45) is 11.8 Å². The first-order chi connectivity index (χ1) is 7.89. The Labute approximate surface area is 99.2 Å². The number of hydrogen-bond donors (Lipinski definition) is 0. The summed E-state index contributed by atoms with van der Waals surface area (Å²) in [5.74, 6) is -3.09. The molecule has 0 aromatic heterocycles. The number of amides is 1. The molecular weight excluding hydrogens is 228 g/mol. The molecule has 0 unspecified atom stereocenters. The SMILES string of the molecule is CC(=O)C1CCN(C(=O)C2CC(F)(F)C2)CC1. The topological polar surface area (TPSA) is 37.4 Å². The first kappa shape index (κ1) is 12.5. The number of alkyl halides is 2. The molecule has 1 aliphatic carbocycles. The molecule has 0 bridgehead atoms. The van der Waals surface area contributed by atoms with Crippen LogP contribution in [0.15, 0.2) is 0 Å². The van der Waals surface area contributed by atoms with Crippen molar-refractivity contribution < 1.29 is 18.4 Å². The van der Waals surface area contributed by atoms with Crippen LogP contribution in [0.25, 0.3) is 0 Å². The largest absolute Gasteiger partial charge is 0.342 e. The van der Waals surface area contributed by atoms with Crippen LogP contribution in [0.5, 0.6) is 0 Å². The van der Waals surface area contributed by atoms with Gasteiger partial charge in [0.1, 0.15) is 5.78 Å². The van der Waals surface area contributed by atoms with E-state index < -0.39 is 11.8 Å². The van der Waals surface area contributed by atoms with Crippen molar-refractivity contribution in [3.63, 3.8) is 0 Å². The first-order valence-electron chi connectivity index (χ1n) is 6.06. The van der Waals surface area contributed by atoms with Gasteiger partial charge in [0.25, 0.3) is 0 Å². The summed E-state index contributed by atoms with van der Waals surface area (Å²) in [6, 6.07) is 0. The second-order valence-electron chi connectivity index (χ2n) is 5.17. The molecule has 1 heterocycles. The Balaban J connectivity index is 1.81. The lowest BCUT2D eigenvalue weighted by Gasteiger charge is -2.39. The number of hydrogen-bond acceptors (Lipinski definition) is 2. The summed E-state index contributed by atoms with van der Waals surface area (Å²) in [4.78, 5) is 24.6. The standard InChI is InChI=1S/C12H17F2NO2/c1-8(16)9-2-4-15(5-3-9)11(17)10-6-12(13,14)7-10/h9-10H,2-7H2,1H3. The molecule has 3 nitrogen and oxygen atoms in total. The summed E-state index contributed by atoms with van der Waals surface area (Å²) in [7, 11) is 0. The van der Waals surface area contributed by atoms with E-state index in [-0.39, 0.29) is 30.4 Å². The molecule has 0 aromatic rings. The number of rotatable bonds is 2. The normalized spacial score (nSPS) is 25.5. The smallest absolute Gasteiger partial charge is 0.249 e. The van der Waals surface area contributed by atoms with Crippen LogP contribution in [0.3, 0.4) is 0 Å². The number of nitrogens with zero attached hydrogens (tertiary/aromatic N) is 1. The highest BCUT2D eigenvalue weighted by atomic mass is 19.3. The second kappa shape index (κ2) is 4.35. The highest BCUT2D eigenvalue weighted by Crippen LogP contribution is 2.43. The predicted molar refractivity (Wildman–Crippen MR) is 57.7 cm³/mol. The molecule has 0 radical (unpaired) electrons. The van der Waals surface area contributed by atoms with Crippen LogP contribution in [-0.4, -0.2) is 35.6 Å². The molecule has 0 N–H and O–H groups in total. The molecule has 2 rings (SSSR count). The van der Waals surface area contributed by atoms with Crippen molar-refractivity contribution in [2.75, 3.05) is 13.1 Å². The molecule has 0 spiro atoms. The van der Waals surface area contributed by atoms with E-state index in [1.165, 1.54) is 0 Å². The van der Waals surface area contributed by atoms with E-state index in [0.717, 1.165) is 0 Å². The lowest BCUT2D eigenvalue weighted by atomic mass is 9.80. The maximum Gasteiger partial charge on any atom is 0.249 e. The summed E-state index contributed by atoms with van der Waals surface area (Å²) in [5.41, 5.74) is 0. The molecule has 17 heavy (non-hydrogen) atoms. The fourth-order valence-electron chi connectivity index (χ4n) is 2.60. The van der Waals surface area contributed by atoms with Gasteiger partial charge in [-0.3, -0.25) is 9.59 Å². The van der Waals surface area contributed by atoms with Gasteiger partial charge in [-0.2, -0.15) is 0 Å². The minimum Gasteiger partial charge on any atom is -0.342 e. The van der Waals surface area contributed by atoms with Gasteiger partial charge in [-0.25, -0.2) is 8.78 Å². The zero-order valence-corrected chi connectivity index (χ0v) is 9.92. The van der Waals surface area contributed by atoms with E-state index in [0.29, 0.717) is 25.9 Å². The Kier molecular flexibility index (Phi) is 3.19. The first-order valence-corrected chi connectivity index (χ1v) is 6.06. The number of ketones is 1. The highest BCUT2D eigenvalue weighted by Gasteiger charge is 2.49. The minimum atomic E-state index is -2.64. The maximum atomic E-state index is 12.7. The molecule has 2 aliphatic rings. The van der Waals surface area contributed by atoms with Crippen molar-refractivity contribution in [2.45, 2.75) is 38.5 Å². The lowest BCUT2D eigenvalue weighted by Crippen LogP contribution is -2.49. The van der Waals surface area contributed by atoms with Crippen LogP contribution >= 0.6 is 0 Å². The molecule has 0 atom stereocenters. The monoisotopic (exact) mass is 245 g/mol. The van der Waals surface area contributed by atoms with Gasteiger partial charge >= 0.3 is 0 Å². The van der Waals surface area contributed by atoms with E-state index in [1.54, 1.807) is 11.8 Å². The van der Waals surface area contributed by atoms with Crippen molar-refractivity contribution >= 4 is 11.7 Å². The number of carbonyl (C=O) groups is 2. The summed E-state index contributed by atoms with van der Waals surface area (Å²) in [6.07, 6.45) is 0.727. The Morgan fingerprint density at radius 1 is 1.12 bits per heavy atom. The van der Waals surface area contributed by atoms with Gasteiger partial charge in [0, 0.05) is 37.8 Å². The van der Waals surface area contributed by atoms with Crippen molar-refractivity contribution in [3.05, 3.63) is 0 Å². The van der Waals surface area contributed by atoms with Gasteiger partial charge in [-0.05, 0) is 19.8 Å². The molecule has 0 aromatic carbocycles. The summed E-state index contributed by atoms with van der Waals surface area (Å²) < 4.78 is 25.3. The molecule has 5 heteroatoms. The maximum absolute atomic E-state index is 12.7. The van der Waals surface area contributed by atoms with Crippen LogP contribution in [0.2, 0.25) is 0 Å². The zero-order chi connectivity index (χ0) is 12.6. The van der Waals surface area contributed by atoms with Crippen LogP contribution in [-0.2, 0) is 9.59 Å². The van der Waals surface area contributed by atoms with Gasteiger partial charge in [0.05, 0.1) is 0 Å². The second-order valence-corrected chi connectivity index (χ2v) is 5.17. The van der Waals surface area contributed by atoms with Crippen LogP contribution in [0.4, 0.5) is 8.78 Å². The number of carbonyl (C=O) groups excluding carboxylic acids is 2. The van der Waals surface area contributed by atoms with Crippen LogP contribution < -0.4 is 0 Å². The van der Waals surface area contributed by atoms with Crippen molar-refractivity contribution in [1.29, 1.82) is 0 Å². The summed E-state index contributed by atoms with van der Waals surface area (Å²) in [5, 5.41) is 0. The fourth-order valence-corrected chi connectivity index (χ4v) is 2.60. The molecule has 1 amide bonds. The van der Waals surface area contributed by atoms with Gasteiger partial charge in [0.15, 0.2) is 0 Å².